The second kappa shape index (κ2) is 13.2. The lowest BCUT2D eigenvalue weighted by Crippen LogP contribution is -2.58. The Bertz CT molecular complexity index is 438. The number of nitrogens with one attached hydrogen (secondary N) is 2. The van der Waals surface area contributed by atoms with Gasteiger partial charge in [-0.05, 0) is 72.9 Å². The standard InChI is InChI=1S/C21H43N5O.HI/c1-18(2)26(19(3)4)14-8-11-23-20(22-5)24-17-21(9-15-27-16-10-21)25-12-6-7-13-25;/h18-19H,6-17H2,1-5H3,(H2,22,23,24);1H. The summed E-state index contributed by atoms with van der Waals surface area (Å²) in [4.78, 5) is 9.69. The molecule has 2 saturated heterocycles. The maximum atomic E-state index is 5.65. The molecule has 0 saturated carbocycles. The van der Waals surface area contributed by atoms with Crippen LogP contribution in [-0.4, -0.2) is 86.4 Å². The van der Waals surface area contributed by atoms with Crippen molar-refractivity contribution in [1.29, 1.82) is 0 Å². The number of ether oxygens (including phenoxy) is 1. The van der Waals surface area contributed by atoms with Crippen LogP contribution >= 0.6 is 24.0 Å². The summed E-state index contributed by atoms with van der Waals surface area (Å²) in [6, 6.07) is 1.19. The van der Waals surface area contributed by atoms with Gasteiger partial charge >= 0.3 is 0 Å². The smallest absolute Gasteiger partial charge is 0.191 e. The first-order valence-electron chi connectivity index (χ1n) is 11.0. The predicted molar refractivity (Wildman–Crippen MR) is 130 cm³/mol. The molecule has 0 unspecified atom stereocenters. The van der Waals surface area contributed by atoms with Gasteiger partial charge < -0.3 is 15.4 Å². The molecule has 2 N–H and O–H groups in total. The Morgan fingerprint density at radius 2 is 1.68 bits per heavy atom. The van der Waals surface area contributed by atoms with Crippen LogP contribution in [0, 0.1) is 0 Å². The van der Waals surface area contributed by atoms with E-state index < -0.39 is 0 Å². The van der Waals surface area contributed by atoms with Crippen molar-refractivity contribution >= 4 is 29.9 Å². The molecule has 0 spiro atoms. The number of nitrogens with zero attached hydrogens (tertiary/aromatic N) is 3. The lowest BCUT2D eigenvalue weighted by molar-refractivity contribution is -0.0164. The summed E-state index contributed by atoms with van der Waals surface area (Å²) < 4.78 is 5.65. The topological polar surface area (TPSA) is 52.1 Å². The van der Waals surface area contributed by atoms with Crippen LogP contribution in [0.25, 0.3) is 0 Å². The van der Waals surface area contributed by atoms with E-state index in [4.69, 9.17) is 4.74 Å². The van der Waals surface area contributed by atoms with Gasteiger partial charge in [-0.3, -0.25) is 14.8 Å². The quantitative estimate of drug-likeness (QED) is 0.217. The molecule has 28 heavy (non-hydrogen) atoms. The van der Waals surface area contributed by atoms with Crippen molar-refractivity contribution in [2.24, 2.45) is 4.99 Å². The van der Waals surface area contributed by atoms with Gasteiger partial charge in [-0.15, -0.1) is 24.0 Å². The molecule has 0 atom stereocenters. The first-order chi connectivity index (χ1) is 13.0. The minimum absolute atomic E-state index is 0. The zero-order valence-electron chi connectivity index (χ0n) is 18.8. The Morgan fingerprint density at radius 1 is 1.07 bits per heavy atom. The van der Waals surface area contributed by atoms with E-state index in [1.807, 2.05) is 7.05 Å². The van der Waals surface area contributed by atoms with Crippen LogP contribution in [0.5, 0.6) is 0 Å². The molecule has 0 radical (unpaired) electrons. The summed E-state index contributed by atoms with van der Waals surface area (Å²) in [5.74, 6) is 0.931. The van der Waals surface area contributed by atoms with Crippen LogP contribution in [0.4, 0.5) is 0 Å². The molecular weight excluding hydrogens is 465 g/mol. The highest BCUT2D eigenvalue weighted by Gasteiger charge is 2.39. The fourth-order valence-electron chi connectivity index (χ4n) is 4.60. The van der Waals surface area contributed by atoms with Crippen molar-refractivity contribution in [3.05, 3.63) is 0 Å². The van der Waals surface area contributed by atoms with E-state index >= 15 is 0 Å². The molecule has 0 aromatic carbocycles. The average Bonchev–Trinajstić information content (AvgIpc) is 3.19. The van der Waals surface area contributed by atoms with E-state index in [0.29, 0.717) is 12.1 Å². The van der Waals surface area contributed by atoms with Crippen molar-refractivity contribution < 1.29 is 4.74 Å². The van der Waals surface area contributed by atoms with Gasteiger partial charge in [0.1, 0.15) is 0 Å². The zero-order valence-corrected chi connectivity index (χ0v) is 21.1. The van der Waals surface area contributed by atoms with E-state index in [-0.39, 0.29) is 29.5 Å². The van der Waals surface area contributed by atoms with E-state index in [9.17, 15) is 0 Å². The highest BCUT2D eigenvalue weighted by atomic mass is 127. The Morgan fingerprint density at radius 3 is 2.21 bits per heavy atom. The molecule has 2 fully saturated rings. The summed E-state index contributed by atoms with van der Waals surface area (Å²) in [6.45, 7) is 16.4. The Kier molecular flexibility index (Phi) is 12.3. The monoisotopic (exact) mass is 509 g/mol. The molecule has 7 heteroatoms. The molecule has 0 bridgehead atoms. The SMILES string of the molecule is CN=C(NCCCN(C(C)C)C(C)C)NCC1(N2CCCC2)CCOCC1.I. The van der Waals surface area contributed by atoms with E-state index in [0.717, 1.165) is 58.1 Å². The summed E-state index contributed by atoms with van der Waals surface area (Å²) in [5.41, 5.74) is 0.235. The third kappa shape index (κ3) is 7.61. The summed E-state index contributed by atoms with van der Waals surface area (Å²) >= 11 is 0. The van der Waals surface area contributed by atoms with Crippen LogP contribution < -0.4 is 10.6 Å². The number of hydrogen-bond acceptors (Lipinski definition) is 4. The summed E-state index contributed by atoms with van der Waals surface area (Å²) in [5, 5.41) is 7.13. The van der Waals surface area contributed by atoms with Crippen molar-refractivity contribution in [1.82, 2.24) is 20.4 Å². The third-order valence-electron chi connectivity index (χ3n) is 6.22. The maximum Gasteiger partial charge on any atom is 0.191 e. The van der Waals surface area contributed by atoms with Crippen LogP contribution in [0.15, 0.2) is 4.99 Å². The van der Waals surface area contributed by atoms with Gasteiger partial charge in [0, 0.05) is 57.5 Å². The number of guanidine groups is 1. The lowest BCUT2D eigenvalue weighted by Gasteiger charge is -2.45. The normalized spacial score (nSPS) is 20.6. The minimum atomic E-state index is 0. The molecule has 0 aromatic rings. The first-order valence-corrected chi connectivity index (χ1v) is 11.0. The summed E-state index contributed by atoms with van der Waals surface area (Å²) in [6.07, 6.45) is 6.03. The molecule has 2 aliphatic rings. The van der Waals surface area contributed by atoms with E-state index in [1.54, 1.807) is 0 Å². The molecule has 2 aliphatic heterocycles. The number of likely N-dealkylation sites (tertiary alicyclic amines) is 1. The minimum Gasteiger partial charge on any atom is -0.381 e. The molecule has 166 valence electrons. The molecular formula is C21H44IN5O. The number of rotatable bonds is 9. The van der Waals surface area contributed by atoms with Crippen LogP contribution in [0.2, 0.25) is 0 Å². The molecule has 2 rings (SSSR count). The molecule has 0 amide bonds. The largest absolute Gasteiger partial charge is 0.381 e. The predicted octanol–water partition coefficient (Wildman–Crippen LogP) is 2.92. The lowest BCUT2D eigenvalue weighted by atomic mass is 9.88. The van der Waals surface area contributed by atoms with Gasteiger partial charge in [-0.25, -0.2) is 0 Å². The zero-order chi connectivity index (χ0) is 19.7. The van der Waals surface area contributed by atoms with Gasteiger partial charge in [-0.1, -0.05) is 0 Å². The van der Waals surface area contributed by atoms with Gasteiger partial charge in [0.25, 0.3) is 0 Å². The van der Waals surface area contributed by atoms with Crippen LogP contribution in [0.1, 0.15) is 59.8 Å². The van der Waals surface area contributed by atoms with E-state index in [1.165, 1.54) is 25.9 Å². The van der Waals surface area contributed by atoms with Crippen molar-refractivity contribution in [2.45, 2.75) is 77.4 Å². The molecule has 2 heterocycles. The van der Waals surface area contributed by atoms with Gasteiger partial charge in [0.15, 0.2) is 5.96 Å². The average molecular weight is 510 g/mol. The highest BCUT2D eigenvalue weighted by Crippen LogP contribution is 2.30. The van der Waals surface area contributed by atoms with Crippen molar-refractivity contribution in [3.63, 3.8) is 0 Å². The van der Waals surface area contributed by atoms with Crippen molar-refractivity contribution in [2.75, 3.05) is 53.0 Å². The number of hydrogen-bond donors (Lipinski definition) is 2. The number of aliphatic imine (C=N–C) groups is 1. The fraction of sp³-hybridized carbons (Fsp3) is 0.952. The Hall–Kier alpha value is -0.120. The van der Waals surface area contributed by atoms with Gasteiger partial charge in [0.05, 0.1) is 0 Å². The second-order valence-electron chi connectivity index (χ2n) is 8.66. The molecule has 0 aromatic heterocycles. The summed E-state index contributed by atoms with van der Waals surface area (Å²) in [7, 11) is 1.87. The Labute approximate surface area is 190 Å². The highest BCUT2D eigenvalue weighted by molar-refractivity contribution is 14.0. The van der Waals surface area contributed by atoms with Gasteiger partial charge in [-0.2, -0.15) is 0 Å². The van der Waals surface area contributed by atoms with E-state index in [2.05, 4.69) is 53.1 Å². The fourth-order valence-corrected chi connectivity index (χ4v) is 4.60. The Balaban J connectivity index is 0.00000392. The van der Waals surface area contributed by atoms with Crippen LogP contribution in [-0.2, 0) is 4.74 Å². The second-order valence-corrected chi connectivity index (χ2v) is 8.66. The van der Waals surface area contributed by atoms with Crippen LogP contribution in [0.3, 0.4) is 0 Å². The molecule has 6 nitrogen and oxygen atoms in total. The first kappa shape index (κ1) is 25.9. The van der Waals surface area contributed by atoms with Crippen molar-refractivity contribution in [3.8, 4) is 0 Å². The maximum absolute atomic E-state index is 5.65. The molecule has 0 aliphatic carbocycles. The number of halogens is 1. The third-order valence-corrected chi connectivity index (χ3v) is 6.22. The van der Waals surface area contributed by atoms with Gasteiger partial charge in [0.2, 0.25) is 0 Å².